The normalized spacial score (nSPS) is 15.4. The Balaban J connectivity index is 0.000000184. The summed E-state index contributed by atoms with van der Waals surface area (Å²) in [4.78, 5) is 20.8. The summed E-state index contributed by atoms with van der Waals surface area (Å²) in [5.74, 6) is 0.672. The van der Waals surface area contributed by atoms with Crippen LogP contribution in [0.15, 0.2) is 94.2 Å². The van der Waals surface area contributed by atoms with Gasteiger partial charge in [0.15, 0.2) is 24.1 Å². The predicted molar refractivity (Wildman–Crippen MR) is 171 cm³/mol. The monoisotopic (exact) mass is 638 g/mol. The van der Waals surface area contributed by atoms with Crippen molar-refractivity contribution in [3.8, 4) is 0 Å². The van der Waals surface area contributed by atoms with Gasteiger partial charge in [-0.05, 0) is 63.4 Å². The van der Waals surface area contributed by atoms with E-state index in [2.05, 4.69) is 0 Å². The van der Waals surface area contributed by atoms with Gasteiger partial charge in [-0.15, -0.1) is 0 Å². The lowest BCUT2D eigenvalue weighted by Crippen LogP contribution is -2.33. The highest BCUT2D eigenvalue weighted by Gasteiger charge is 2.44. The lowest BCUT2D eigenvalue weighted by molar-refractivity contribution is 0.0842. The van der Waals surface area contributed by atoms with Crippen LogP contribution in [-0.4, -0.2) is 44.6 Å². The molecule has 10 nitrogen and oxygen atoms in total. The summed E-state index contributed by atoms with van der Waals surface area (Å²) in [6, 6.07) is 22.9. The van der Waals surface area contributed by atoms with Crippen LogP contribution in [0.5, 0.6) is 0 Å². The van der Waals surface area contributed by atoms with Gasteiger partial charge in [-0.25, -0.2) is 4.57 Å². The Labute approximate surface area is 264 Å². The Hall–Kier alpha value is -3.57. The van der Waals surface area contributed by atoms with E-state index in [0.29, 0.717) is 31.5 Å². The van der Waals surface area contributed by atoms with Crippen LogP contribution in [0.25, 0.3) is 0 Å². The first-order valence-electron chi connectivity index (χ1n) is 14.6. The molecule has 1 unspecified atom stereocenters. The molecule has 2 aromatic carbocycles. The minimum Gasteiger partial charge on any atom is -0.462 e. The van der Waals surface area contributed by atoms with Crippen LogP contribution < -0.4 is 5.46 Å². The molecule has 1 saturated heterocycles. The highest BCUT2D eigenvalue weighted by atomic mass is 31.2. The highest BCUT2D eigenvalue weighted by molar-refractivity contribution is 7.48. The van der Waals surface area contributed by atoms with Gasteiger partial charge in [-0.1, -0.05) is 60.7 Å². The summed E-state index contributed by atoms with van der Waals surface area (Å²) in [5, 5.41) is 0. The van der Waals surface area contributed by atoms with Crippen LogP contribution in [-0.2, 0) is 40.5 Å². The Morgan fingerprint density at radius 1 is 0.800 bits per heavy atom. The molecular weight excluding hydrogens is 598 g/mol. The minimum atomic E-state index is -3.38. The van der Waals surface area contributed by atoms with Crippen molar-refractivity contribution in [1.29, 1.82) is 0 Å². The van der Waals surface area contributed by atoms with Crippen LogP contribution in [0.3, 0.4) is 0 Å². The van der Waals surface area contributed by atoms with Crippen molar-refractivity contribution in [2.75, 3.05) is 13.2 Å². The predicted octanol–water partition coefficient (Wildman–Crippen LogP) is 7.07. The summed E-state index contributed by atoms with van der Waals surface area (Å²) in [6.45, 7) is 10.2. The van der Waals surface area contributed by atoms with E-state index in [9.17, 15) is 14.2 Å². The fraction of sp³-hybridized carbons (Fsp3) is 0.333. The average Bonchev–Trinajstić information content (AvgIpc) is 3.77. The van der Waals surface area contributed by atoms with Gasteiger partial charge in [-0.2, -0.15) is 0 Å². The molecule has 240 valence electrons. The van der Waals surface area contributed by atoms with Crippen LogP contribution in [0, 0.1) is 0 Å². The number of carbonyl (C=O) groups is 2. The third-order valence-corrected chi connectivity index (χ3v) is 8.19. The van der Waals surface area contributed by atoms with E-state index >= 15 is 0 Å². The molecule has 45 heavy (non-hydrogen) atoms. The summed E-state index contributed by atoms with van der Waals surface area (Å²) >= 11 is 0. The van der Waals surface area contributed by atoms with Gasteiger partial charge in [0, 0.05) is 11.9 Å². The summed E-state index contributed by atoms with van der Waals surface area (Å²) < 4.78 is 48.5. The van der Waals surface area contributed by atoms with Gasteiger partial charge >= 0.3 is 14.9 Å². The second-order valence-electron chi connectivity index (χ2n) is 10.4. The summed E-state index contributed by atoms with van der Waals surface area (Å²) in [5.41, 5.74) is 3.60. The minimum absolute atomic E-state index is 0.0112. The lowest BCUT2D eigenvalue weighted by atomic mass is 9.81. The second kappa shape index (κ2) is 17.8. The molecule has 1 aliphatic heterocycles. The largest absolute Gasteiger partial charge is 0.497 e. The molecule has 1 atom stereocenters. The van der Waals surface area contributed by atoms with Crippen molar-refractivity contribution >= 4 is 33.0 Å². The van der Waals surface area contributed by atoms with E-state index in [4.69, 9.17) is 31.7 Å². The lowest BCUT2D eigenvalue weighted by Gasteiger charge is -2.21. The third kappa shape index (κ3) is 11.7. The third-order valence-electron chi connectivity index (χ3n) is 6.59. The topological polar surface area (TPSA) is 124 Å². The molecule has 12 heteroatoms. The quantitative estimate of drug-likeness (QED) is 0.0904. The van der Waals surface area contributed by atoms with E-state index < -0.39 is 14.9 Å². The number of furan rings is 2. The molecule has 0 amide bonds. The Kier molecular flexibility index (Phi) is 14.2. The fourth-order valence-electron chi connectivity index (χ4n) is 3.99. The van der Waals surface area contributed by atoms with Crippen LogP contribution in [0.1, 0.15) is 72.4 Å². The zero-order chi connectivity index (χ0) is 32.7. The smallest absolute Gasteiger partial charge is 0.462 e. The number of phosphoric acid groups is 1. The Bertz CT molecular complexity index is 1480. The molecular formula is C33H40BO10P. The molecule has 1 fully saturated rings. The second-order valence-corrected chi connectivity index (χ2v) is 12.1. The zero-order valence-electron chi connectivity index (χ0n) is 26.3. The fourth-order valence-corrected chi connectivity index (χ4v) is 5.15. The molecule has 0 radical (unpaired) electrons. The standard InChI is InChI=1S/C12H10O2.C11H17O4P.C10H13BO4/c13-8-12-7-11(9-14-12)6-10-4-2-1-3-5-10;1-3-13-16(12,14-4-2)15-10-11-8-6-5-7-9-11;1-7-10(2,3)15-11(14-7)8-4-9(5-12)13-6-8/h1-5,7-9H,6H2;5-9H,3-4,10H2,1-2H3;4-7H,1-3H3. The van der Waals surface area contributed by atoms with Crippen molar-refractivity contribution in [2.45, 2.75) is 59.4 Å². The summed E-state index contributed by atoms with van der Waals surface area (Å²) in [6.07, 6.45) is 5.30. The molecule has 2 aromatic heterocycles. The SMILES string of the molecule is CC1OB(c2coc(C=O)c2)OC1(C)C.CCOP(=O)(OCC)OCc1ccccc1.O=Cc1cc(Cc2ccccc2)co1. The van der Waals surface area contributed by atoms with E-state index in [1.54, 1.807) is 32.2 Å². The number of carbonyl (C=O) groups excluding carboxylic acids is 2. The van der Waals surface area contributed by atoms with Gasteiger partial charge in [0.1, 0.15) is 0 Å². The highest BCUT2D eigenvalue weighted by Crippen LogP contribution is 2.49. The van der Waals surface area contributed by atoms with Crippen molar-refractivity contribution in [3.05, 3.63) is 114 Å². The first kappa shape index (κ1) is 35.9. The molecule has 0 N–H and O–H groups in total. The number of rotatable bonds is 12. The van der Waals surface area contributed by atoms with Crippen molar-refractivity contribution in [2.24, 2.45) is 0 Å². The molecule has 5 rings (SSSR count). The first-order chi connectivity index (χ1) is 21.6. The maximum absolute atomic E-state index is 11.9. The number of hydrogen-bond acceptors (Lipinski definition) is 10. The van der Waals surface area contributed by atoms with E-state index in [1.807, 2.05) is 81.4 Å². The van der Waals surface area contributed by atoms with Gasteiger partial charge in [0.2, 0.25) is 0 Å². The Morgan fingerprint density at radius 3 is 1.84 bits per heavy atom. The number of phosphoric ester groups is 1. The molecule has 1 aliphatic rings. The van der Waals surface area contributed by atoms with E-state index in [1.165, 1.54) is 11.8 Å². The molecule has 0 bridgehead atoms. The number of aldehydes is 2. The first-order valence-corrected chi connectivity index (χ1v) is 16.1. The molecule has 4 aromatic rings. The van der Waals surface area contributed by atoms with Crippen LogP contribution >= 0.6 is 7.82 Å². The number of benzene rings is 2. The zero-order valence-corrected chi connectivity index (χ0v) is 27.1. The van der Waals surface area contributed by atoms with E-state index in [0.717, 1.165) is 23.0 Å². The Morgan fingerprint density at radius 2 is 1.36 bits per heavy atom. The maximum Gasteiger partial charge on any atom is 0.497 e. The van der Waals surface area contributed by atoms with Gasteiger partial charge < -0.3 is 18.1 Å². The van der Waals surface area contributed by atoms with Crippen molar-refractivity contribution < 1.29 is 45.9 Å². The average molecular weight is 638 g/mol. The van der Waals surface area contributed by atoms with E-state index in [-0.39, 0.29) is 24.1 Å². The maximum atomic E-state index is 11.9. The van der Waals surface area contributed by atoms with Crippen molar-refractivity contribution in [3.63, 3.8) is 0 Å². The van der Waals surface area contributed by atoms with Crippen molar-refractivity contribution in [1.82, 2.24) is 0 Å². The van der Waals surface area contributed by atoms with Gasteiger partial charge in [-0.3, -0.25) is 23.2 Å². The molecule has 0 aliphatic carbocycles. The molecule has 0 spiro atoms. The summed E-state index contributed by atoms with van der Waals surface area (Å²) in [7, 11) is -3.82. The van der Waals surface area contributed by atoms with Gasteiger partial charge in [0.05, 0.1) is 44.1 Å². The number of hydrogen-bond donors (Lipinski definition) is 0. The molecule has 3 heterocycles. The van der Waals surface area contributed by atoms with Gasteiger partial charge in [0.25, 0.3) is 0 Å². The van der Waals surface area contributed by atoms with Crippen LogP contribution in [0.4, 0.5) is 0 Å². The molecule has 0 saturated carbocycles. The van der Waals surface area contributed by atoms with Crippen LogP contribution in [0.2, 0.25) is 0 Å².